The highest BCUT2D eigenvalue weighted by Crippen LogP contribution is 2.07. The minimum atomic E-state index is -0.495. The van der Waals surface area contributed by atoms with E-state index in [0.717, 1.165) is 5.01 Å². The molecule has 0 saturated heterocycles. The van der Waals surface area contributed by atoms with E-state index >= 15 is 0 Å². The monoisotopic (exact) mass is 130 g/mol. The molecule has 50 valence electrons. The Hall–Kier alpha value is -1.20. The lowest BCUT2D eigenvalue weighted by atomic mass is 10.6. The molecule has 1 atom stereocenters. The molecule has 1 unspecified atom stereocenters. The minimum absolute atomic E-state index is 0.0775. The van der Waals surface area contributed by atoms with Gasteiger partial charge in [0.1, 0.15) is 0 Å². The van der Waals surface area contributed by atoms with Crippen molar-refractivity contribution in [2.45, 2.75) is 13.1 Å². The number of hydrogen-bond acceptors (Lipinski definition) is 4. The van der Waals surface area contributed by atoms with Crippen molar-refractivity contribution in [3.05, 3.63) is 10.1 Å². The van der Waals surface area contributed by atoms with Crippen molar-refractivity contribution in [3.63, 3.8) is 0 Å². The molecule has 0 aliphatic carbocycles. The number of rotatable bonds is 1. The van der Waals surface area contributed by atoms with Gasteiger partial charge in [0.25, 0.3) is 0 Å². The Morgan fingerprint density at radius 3 is 2.78 bits per heavy atom. The van der Waals surface area contributed by atoms with E-state index in [-0.39, 0.29) is 6.67 Å². The first-order valence-corrected chi connectivity index (χ1v) is 2.49. The highest BCUT2D eigenvalue weighted by Gasteiger charge is 2.25. The number of hydrogen-bond donors (Lipinski definition) is 0. The summed E-state index contributed by atoms with van der Waals surface area (Å²) in [5.74, 6) is 0. The van der Waals surface area contributed by atoms with E-state index in [1.54, 1.807) is 6.92 Å². The Morgan fingerprint density at radius 1 is 1.89 bits per heavy atom. The van der Waals surface area contributed by atoms with E-state index in [9.17, 15) is 10.1 Å². The Labute approximate surface area is 51.3 Å². The molecule has 1 aliphatic heterocycles. The third-order valence-electron chi connectivity index (χ3n) is 1.10. The lowest BCUT2D eigenvalue weighted by Crippen LogP contribution is -2.33. The predicted molar refractivity (Wildman–Crippen MR) is 28.0 cm³/mol. The average Bonchev–Trinajstić information content (AvgIpc) is 2.13. The molecular weight excluding hydrogens is 124 g/mol. The van der Waals surface area contributed by atoms with Gasteiger partial charge in [-0.15, -0.1) is 0 Å². The molecule has 0 N–H and O–H groups in total. The van der Waals surface area contributed by atoms with Gasteiger partial charge in [-0.25, -0.2) is 10.1 Å². The molecule has 0 aromatic heterocycles. The molecule has 1 rings (SSSR count). The summed E-state index contributed by atoms with van der Waals surface area (Å²) in [6.45, 7) is 1.70. The second kappa shape index (κ2) is 1.96. The van der Waals surface area contributed by atoms with Crippen LogP contribution in [-0.2, 0) is 0 Å². The van der Waals surface area contributed by atoms with Gasteiger partial charge < -0.3 is 0 Å². The van der Waals surface area contributed by atoms with E-state index in [2.05, 4.69) is 10.2 Å². The van der Waals surface area contributed by atoms with Crippen molar-refractivity contribution < 1.29 is 5.03 Å². The Bertz CT molecular complexity index is 156. The van der Waals surface area contributed by atoms with Crippen molar-refractivity contribution in [2.75, 3.05) is 6.67 Å². The van der Waals surface area contributed by atoms with Crippen LogP contribution in [0, 0.1) is 10.1 Å². The number of azo groups is 1. The van der Waals surface area contributed by atoms with Crippen LogP contribution in [0.25, 0.3) is 0 Å². The van der Waals surface area contributed by atoms with E-state index < -0.39 is 11.2 Å². The summed E-state index contributed by atoms with van der Waals surface area (Å²) in [5, 5.41) is 17.5. The van der Waals surface area contributed by atoms with Gasteiger partial charge in [-0.05, 0) is 6.92 Å². The molecule has 0 radical (unpaired) electrons. The van der Waals surface area contributed by atoms with Crippen molar-refractivity contribution >= 4 is 0 Å². The molecule has 9 heavy (non-hydrogen) atoms. The second-order valence-electron chi connectivity index (χ2n) is 1.71. The molecule has 0 aromatic rings. The highest BCUT2D eigenvalue weighted by atomic mass is 16.7. The summed E-state index contributed by atoms with van der Waals surface area (Å²) in [6, 6.07) is 0. The van der Waals surface area contributed by atoms with E-state index in [1.807, 2.05) is 0 Å². The lowest BCUT2D eigenvalue weighted by molar-refractivity contribution is -0.659. The van der Waals surface area contributed by atoms with Crippen molar-refractivity contribution in [3.8, 4) is 0 Å². The van der Waals surface area contributed by atoms with Crippen LogP contribution in [0.3, 0.4) is 0 Å². The van der Waals surface area contributed by atoms with Gasteiger partial charge in [-0.1, -0.05) is 5.01 Å². The first kappa shape index (κ1) is 5.93. The summed E-state index contributed by atoms with van der Waals surface area (Å²) in [7, 11) is 0. The van der Waals surface area contributed by atoms with Crippen molar-refractivity contribution in [2.24, 2.45) is 10.2 Å². The van der Waals surface area contributed by atoms with Crippen LogP contribution in [0.15, 0.2) is 10.2 Å². The van der Waals surface area contributed by atoms with E-state index in [1.165, 1.54) is 0 Å². The molecule has 0 aromatic carbocycles. The first-order chi connectivity index (χ1) is 4.22. The summed E-state index contributed by atoms with van der Waals surface area (Å²) < 4.78 is 0. The second-order valence-corrected chi connectivity index (χ2v) is 1.71. The fourth-order valence-corrected chi connectivity index (χ4v) is 0.585. The molecule has 0 fully saturated rings. The zero-order chi connectivity index (χ0) is 6.85. The van der Waals surface area contributed by atoms with Crippen LogP contribution in [0.5, 0.6) is 0 Å². The summed E-state index contributed by atoms with van der Waals surface area (Å²) >= 11 is 0. The van der Waals surface area contributed by atoms with E-state index in [4.69, 9.17) is 0 Å². The van der Waals surface area contributed by atoms with Crippen LogP contribution in [0.1, 0.15) is 6.92 Å². The summed E-state index contributed by atoms with van der Waals surface area (Å²) in [5.41, 5.74) is 0. The lowest BCUT2D eigenvalue weighted by Gasteiger charge is -2.06. The average molecular weight is 130 g/mol. The first-order valence-electron chi connectivity index (χ1n) is 2.49. The van der Waals surface area contributed by atoms with Gasteiger partial charge in [-0.2, -0.15) is 10.2 Å². The molecule has 0 amide bonds. The third kappa shape index (κ3) is 0.956. The zero-order valence-electron chi connectivity index (χ0n) is 4.89. The fourth-order valence-electron chi connectivity index (χ4n) is 0.585. The highest BCUT2D eigenvalue weighted by molar-refractivity contribution is 4.57. The largest absolute Gasteiger partial charge is 0.235 e. The summed E-state index contributed by atoms with van der Waals surface area (Å²) in [4.78, 5) is 10.0. The predicted octanol–water partition coefficient (Wildman–Crippen LogP) is 0.249. The van der Waals surface area contributed by atoms with Gasteiger partial charge in [-0.3, -0.25) is 0 Å². The van der Waals surface area contributed by atoms with Gasteiger partial charge >= 0.3 is 0 Å². The van der Waals surface area contributed by atoms with E-state index in [0.29, 0.717) is 0 Å². The quantitative estimate of drug-likeness (QED) is 0.377. The maximum Gasteiger partial charge on any atom is 0.198 e. The van der Waals surface area contributed by atoms with Crippen molar-refractivity contribution in [1.29, 1.82) is 0 Å². The van der Waals surface area contributed by atoms with Crippen LogP contribution in [0.2, 0.25) is 0 Å². The number of nitro groups is 1. The number of hydrazine groups is 1. The molecular formula is C3H6N4O2. The molecule has 1 aliphatic rings. The SMILES string of the molecule is CC1N=NCN1[N+](=O)[O-]. The third-order valence-corrected chi connectivity index (χ3v) is 1.10. The maximum atomic E-state index is 10.0. The molecule has 1 heterocycles. The van der Waals surface area contributed by atoms with Crippen molar-refractivity contribution in [1.82, 2.24) is 5.01 Å². The van der Waals surface area contributed by atoms with Crippen LogP contribution < -0.4 is 0 Å². The fraction of sp³-hybridized carbons (Fsp3) is 1.00. The Kier molecular flexibility index (Phi) is 1.29. The smallest absolute Gasteiger partial charge is 0.198 e. The topological polar surface area (TPSA) is 71.1 Å². The van der Waals surface area contributed by atoms with Gasteiger partial charge in [0.05, 0.1) is 0 Å². The van der Waals surface area contributed by atoms with Crippen LogP contribution in [-0.4, -0.2) is 22.9 Å². The normalized spacial score (nSPS) is 25.0. The van der Waals surface area contributed by atoms with Gasteiger partial charge in [0.15, 0.2) is 17.9 Å². The molecule has 6 nitrogen and oxygen atoms in total. The molecule has 0 spiro atoms. The zero-order valence-corrected chi connectivity index (χ0v) is 4.89. The Morgan fingerprint density at radius 2 is 2.56 bits per heavy atom. The van der Waals surface area contributed by atoms with Gasteiger partial charge in [0, 0.05) is 0 Å². The summed E-state index contributed by atoms with van der Waals surface area (Å²) in [6.07, 6.45) is -0.403. The Balaban J connectivity index is 2.55. The standard InChI is InChI=1S/C3H6N4O2/c1-3-5-4-2-6(3)7(8)9/h3H,2H2,1H3. The van der Waals surface area contributed by atoms with Gasteiger partial charge in [0.2, 0.25) is 0 Å². The molecule has 0 bridgehead atoms. The molecule has 0 saturated carbocycles. The maximum absolute atomic E-state index is 10.0. The minimum Gasteiger partial charge on any atom is -0.235 e. The molecule has 6 heteroatoms. The van der Waals surface area contributed by atoms with Crippen LogP contribution in [0.4, 0.5) is 0 Å². The van der Waals surface area contributed by atoms with Crippen LogP contribution >= 0.6 is 0 Å². The number of nitrogens with zero attached hydrogens (tertiary/aromatic N) is 4.